The summed E-state index contributed by atoms with van der Waals surface area (Å²) in [7, 11) is 1.39. The molecule has 25 heavy (non-hydrogen) atoms. The number of fused-ring (bicyclic) bond motifs is 1. The van der Waals surface area contributed by atoms with Crippen LogP contribution in [0.5, 0.6) is 0 Å². The van der Waals surface area contributed by atoms with Crippen LogP contribution in [0.25, 0.3) is 0 Å². The molecule has 1 heterocycles. The summed E-state index contributed by atoms with van der Waals surface area (Å²) in [5, 5.41) is 13.6. The molecule has 0 unspecified atom stereocenters. The third kappa shape index (κ3) is 2.97. The van der Waals surface area contributed by atoms with E-state index in [1.54, 1.807) is 6.07 Å². The third-order valence-electron chi connectivity index (χ3n) is 3.91. The number of amides is 3. The molecule has 8 heteroatoms. The van der Waals surface area contributed by atoms with Crippen LogP contribution >= 0.6 is 0 Å². The van der Waals surface area contributed by atoms with Gasteiger partial charge in [-0.05, 0) is 18.2 Å². The summed E-state index contributed by atoms with van der Waals surface area (Å²) in [5.41, 5.74) is 1.00. The number of carbonyl (C=O) groups excluding carboxylic acids is 3. The summed E-state index contributed by atoms with van der Waals surface area (Å²) in [6.45, 7) is 0. The van der Waals surface area contributed by atoms with Gasteiger partial charge in [0.15, 0.2) is 0 Å². The second-order valence-electron chi connectivity index (χ2n) is 5.54. The van der Waals surface area contributed by atoms with Gasteiger partial charge >= 0.3 is 0 Å². The second-order valence-corrected chi connectivity index (χ2v) is 5.54. The van der Waals surface area contributed by atoms with Gasteiger partial charge in [-0.2, -0.15) is 0 Å². The van der Waals surface area contributed by atoms with Crippen LogP contribution in [0.3, 0.4) is 0 Å². The van der Waals surface area contributed by atoms with Crippen molar-refractivity contribution < 1.29 is 19.3 Å². The van der Waals surface area contributed by atoms with Gasteiger partial charge in [0.25, 0.3) is 17.5 Å². The van der Waals surface area contributed by atoms with Gasteiger partial charge < -0.3 is 5.32 Å². The van der Waals surface area contributed by atoms with E-state index in [2.05, 4.69) is 5.32 Å². The van der Waals surface area contributed by atoms with Crippen molar-refractivity contribution in [1.29, 1.82) is 0 Å². The van der Waals surface area contributed by atoms with Crippen LogP contribution in [-0.4, -0.2) is 34.6 Å². The quantitative estimate of drug-likeness (QED) is 0.520. The minimum Gasteiger partial charge on any atom is -0.326 e. The smallest absolute Gasteiger partial charge is 0.273 e. The number of imide groups is 1. The number of rotatable bonds is 4. The number of nitro benzene ring substituents is 1. The van der Waals surface area contributed by atoms with E-state index in [1.165, 1.54) is 43.4 Å². The van der Waals surface area contributed by atoms with Gasteiger partial charge in [0, 0.05) is 24.4 Å². The van der Waals surface area contributed by atoms with Gasteiger partial charge in [-0.3, -0.25) is 29.4 Å². The Morgan fingerprint density at radius 1 is 1.12 bits per heavy atom. The van der Waals surface area contributed by atoms with E-state index >= 15 is 0 Å². The molecule has 0 radical (unpaired) electrons. The number of nitrogens with one attached hydrogen (secondary N) is 1. The lowest BCUT2D eigenvalue weighted by molar-refractivity contribution is -0.385. The van der Waals surface area contributed by atoms with Crippen LogP contribution < -0.4 is 5.32 Å². The van der Waals surface area contributed by atoms with Gasteiger partial charge in [-0.1, -0.05) is 18.2 Å². The average molecular weight is 339 g/mol. The molecule has 0 bridgehead atoms. The molecule has 1 aliphatic heterocycles. The number of hydrogen-bond donors (Lipinski definition) is 1. The van der Waals surface area contributed by atoms with Crippen molar-refractivity contribution in [2.75, 3.05) is 12.4 Å². The number of benzene rings is 2. The first-order chi connectivity index (χ1) is 11.9. The number of anilines is 1. The molecule has 8 nitrogen and oxygen atoms in total. The molecule has 126 valence electrons. The van der Waals surface area contributed by atoms with Crippen molar-refractivity contribution in [3.8, 4) is 0 Å². The summed E-state index contributed by atoms with van der Waals surface area (Å²) in [4.78, 5) is 47.4. The Labute approximate surface area is 142 Å². The van der Waals surface area contributed by atoms with Gasteiger partial charge in [0.05, 0.1) is 22.5 Å². The van der Waals surface area contributed by atoms with Gasteiger partial charge in [-0.15, -0.1) is 0 Å². The highest BCUT2D eigenvalue weighted by Crippen LogP contribution is 2.25. The lowest BCUT2D eigenvalue weighted by Gasteiger charge is -2.07. The molecule has 0 saturated heterocycles. The fourth-order valence-electron chi connectivity index (χ4n) is 2.66. The number of nitrogens with zero attached hydrogens (tertiary/aromatic N) is 2. The molecule has 1 N–H and O–H groups in total. The van der Waals surface area contributed by atoms with E-state index in [-0.39, 0.29) is 28.8 Å². The predicted molar refractivity (Wildman–Crippen MR) is 88.3 cm³/mol. The Kier molecular flexibility index (Phi) is 4.02. The topological polar surface area (TPSA) is 110 Å². The van der Waals surface area contributed by atoms with Crippen molar-refractivity contribution in [2.45, 2.75) is 6.42 Å². The molecule has 3 amide bonds. The maximum Gasteiger partial charge on any atom is 0.273 e. The van der Waals surface area contributed by atoms with E-state index in [4.69, 9.17) is 0 Å². The van der Waals surface area contributed by atoms with E-state index in [1.807, 2.05) is 0 Å². The Morgan fingerprint density at radius 2 is 1.80 bits per heavy atom. The highest BCUT2D eigenvalue weighted by molar-refractivity contribution is 6.21. The average Bonchev–Trinajstić information content (AvgIpc) is 2.79. The summed E-state index contributed by atoms with van der Waals surface area (Å²) in [6, 6.07) is 10.4. The predicted octanol–water partition coefficient (Wildman–Crippen LogP) is 2.00. The zero-order valence-electron chi connectivity index (χ0n) is 13.2. The first-order valence-corrected chi connectivity index (χ1v) is 7.37. The van der Waals surface area contributed by atoms with Crippen LogP contribution in [0.15, 0.2) is 42.5 Å². The van der Waals surface area contributed by atoms with Gasteiger partial charge in [0.2, 0.25) is 5.91 Å². The zero-order valence-corrected chi connectivity index (χ0v) is 13.2. The summed E-state index contributed by atoms with van der Waals surface area (Å²) in [6.07, 6.45) is -0.180. The van der Waals surface area contributed by atoms with Gasteiger partial charge in [-0.25, -0.2) is 0 Å². The summed E-state index contributed by atoms with van der Waals surface area (Å²) >= 11 is 0. The monoisotopic (exact) mass is 339 g/mol. The van der Waals surface area contributed by atoms with E-state index in [0.717, 1.165) is 4.90 Å². The number of para-hydroxylation sites is 1. The van der Waals surface area contributed by atoms with Gasteiger partial charge in [0.1, 0.15) is 0 Å². The van der Waals surface area contributed by atoms with Crippen molar-refractivity contribution in [3.63, 3.8) is 0 Å². The SMILES string of the molecule is CN1C(=O)c2ccc(NC(=O)Cc3ccccc3[N+](=O)[O-])cc2C1=O. The van der Waals surface area contributed by atoms with E-state index < -0.39 is 22.6 Å². The van der Waals surface area contributed by atoms with Crippen LogP contribution in [0.4, 0.5) is 11.4 Å². The molecule has 0 aromatic heterocycles. The molecule has 2 aromatic carbocycles. The molecule has 0 atom stereocenters. The highest BCUT2D eigenvalue weighted by atomic mass is 16.6. The minimum absolute atomic E-state index is 0.131. The minimum atomic E-state index is -0.544. The third-order valence-corrected chi connectivity index (χ3v) is 3.91. The van der Waals surface area contributed by atoms with Crippen LogP contribution in [0, 0.1) is 10.1 Å². The Balaban J connectivity index is 1.78. The normalized spacial score (nSPS) is 12.9. The van der Waals surface area contributed by atoms with Crippen molar-refractivity contribution in [3.05, 3.63) is 69.3 Å². The Morgan fingerprint density at radius 3 is 2.52 bits per heavy atom. The zero-order chi connectivity index (χ0) is 18.1. The van der Waals surface area contributed by atoms with Crippen molar-refractivity contribution >= 4 is 29.1 Å². The molecular formula is C17H13N3O5. The summed E-state index contributed by atoms with van der Waals surface area (Å²) < 4.78 is 0. The Hall–Kier alpha value is -3.55. The molecule has 1 aliphatic rings. The van der Waals surface area contributed by atoms with E-state index in [0.29, 0.717) is 5.69 Å². The number of carbonyl (C=O) groups is 3. The Bertz CT molecular complexity index is 922. The maximum atomic E-state index is 12.2. The van der Waals surface area contributed by atoms with Crippen molar-refractivity contribution in [1.82, 2.24) is 4.90 Å². The van der Waals surface area contributed by atoms with Crippen LogP contribution in [0.1, 0.15) is 26.3 Å². The van der Waals surface area contributed by atoms with Crippen LogP contribution in [0.2, 0.25) is 0 Å². The lowest BCUT2D eigenvalue weighted by Crippen LogP contribution is -2.24. The molecule has 0 saturated carbocycles. The molecule has 0 spiro atoms. The first kappa shape index (κ1) is 16.3. The molecular weight excluding hydrogens is 326 g/mol. The van der Waals surface area contributed by atoms with Crippen LogP contribution in [-0.2, 0) is 11.2 Å². The molecule has 3 rings (SSSR count). The molecule has 0 aliphatic carbocycles. The second kappa shape index (κ2) is 6.16. The fraction of sp³-hybridized carbons (Fsp3) is 0.118. The lowest BCUT2D eigenvalue weighted by atomic mass is 10.1. The first-order valence-electron chi connectivity index (χ1n) is 7.37. The number of hydrogen-bond acceptors (Lipinski definition) is 5. The number of nitro groups is 1. The largest absolute Gasteiger partial charge is 0.326 e. The highest BCUT2D eigenvalue weighted by Gasteiger charge is 2.32. The standard InChI is InChI=1S/C17H13N3O5/c1-19-16(22)12-7-6-11(9-13(12)17(19)23)18-15(21)8-10-4-2-3-5-14(10)20(24)25/h2-7,9H,8H2,1H3,(H,18,21). The van der Waals surface area contributed by atoms with E-state index in [9.17, 15) is 24.5 Å². The van der Waals surface area contributed by atoms with Crippen molar-refractivity contribution in [2.24, 2.45) is 0 Å². The fourth-order valence-corrected chi connectivity index (χ4v) is 2.66. The molecule has 0 fully saturated rings. The molecule has 2 aromatic rings. The maximum absolute atomic E-state index is 12.2. The summed E-state index contributed by atoms with van der Waals surface area (Å²) in [5.74, 6) is -1.29.